The molecule has 2 bridgehead atoms. The zero-order valence-electron chi connectivity index (χ0n) is 21.1. The Hall–Kier alpha value is -3.35. The van der Waals surface area contributed by atoms with E-state index in [4.69, 9.17) is 9.47 Å². The number of aliphatic hydroxyl groups excluding tert-OH is 1. The fourth-order valence-corrected chi connectivity index (χ4v) is 7.47. The van der Waals surface area contributed by atoms with E-state index in [0.29, 0.717) is 17.5 Å². The zero-order valence-corrected chi connectivity index (χ0v) is 22.7. The van der Waals surface area contributed by atoms with Gasteiger partial charge in [-0.3, -0.25) is 14.4 Å². The van der Waals surface area contributed by atoms with Crippen molar-refractivity contribution in [3.8, 4) is 0 Å². The maximum Gasteiger partial charge on any atom is 0.312 e. The second kappa shape index (κ2) is 10.00. The number of aromatic nitrogens is 3. The highest BCUT2D eigenvalue weighted by atomic mass is 79.9. The van der Waals surface area contributed by atoms with Gasteiger partial charge in [0.1, 0.15) is 23.8 Å². The van der Waals surface area contributed by atoms with Crippen molar-refractivity contribution in [1.82, 2.24) is 25.2 Å². The Kier molecular flexibility index (Phi) is 6.64. The molecule has 2 amide bonds. The number of nitrogens with one attached hydrogen (secondary N) is 1. The number of amides is 2. The second-order valence-electron chi connectivity index (χ2n) is 10.0. The molecule has 1 spiro atoms. The number of fused-ring (bicyclic) bond motifs is 2. The molecule has 0 aliphatic carbocycles. The van der Waals surface area contributed by atoms with Crippen LogP contribution in [-0.2, 0) is 30.5 Å². The van der Waals surface area contributed by atoms with Gasteiger partial charge in [0.15, 0.2) is 0 Å². The van der Waals surface area contributed by atoms with E-state index < -0.39 is 60.0 Å². The molecule has 2 aromatic carbocycles. The van der Waals surface area contributed by atoms with Crippen molar-refractivity contribution in [3.05, 3.63) is 60.2 Å². The molecule has 39 heavy (non-hydrogen) atoms. The largest absolute Gasteiger partial charge is 0.466 e. The van der Waals surface area contributed by atoms with Crippen LogP contribution in [0.15, 0.2) is 54.6 Å². The Labute approximate surface area is 232 Å². The van der Waals surface area contributed by atoms with Gasteiger partial charge in [-0.15, -0.1) is 5.10 Å². The van der Waals surface area contributed by atoms with Gasteiger partial charge in [0, 0.05) is 4.83 Å². The number of carbonyl (C=O) groups is 3. The average molecular weight is 598 g/mol. The molecule has 6 rings (SSSR count). The molecule has 4 heterocycles. The number of benzene rings is 2. The summed E-state index contributed by atoms with van der Waals surface area (Å²) in [5.41, 5.74) is 0.822. The first kappa shape index (κ1) is 25.9. The summed E-state index contributed by atoms with van der Waals surface area (Å²) >= 11 is 3.63. The number of rotatable bonds is 8. The third kappa shape index (κ3) is 3.95. The lowest BCUT2D eigenvalue weighted by Crippen LogP contribution is -2.56. The summed E-state index contributed by atoms with van der Waals surface area (Å²) in [7, 11) is 0. The summed E-state index contributed by atoms with van der Waals surface area (Å²) in [4.78, 5) is 42.5. The van der Waals surface area contributed by atoms with Crippen LogP contribution in [0, 0.1) is 11.8 Å². The molecule has 1 unspecified atom stereocenters. The maximum atomic E-state index is 14.2. The number of halogens is 1. The molecule has 3 saturated heterocycles. The lowest BCUT2D eigenvalue weighted by Gasteiger charge is -2.37. The molecule has 3 aliphatic heterocycles. The predicted octanol–water partition coefficient (Wildman–Crippen LogP) is 1.55. The molecule has 7 atom stereocenters. The van der Waals surface area contributed by atoms with Crippen molar-refractivity contribution in [3.63, 3.8) is 0 Å². The highest BCUT2D eigenvalue weighted by molar-refractivity contribution is 9.09. The van der Waals surface area contributed by atoms with E-state index in [-0.39, 0.29) is 18.1 Å². The standard InChI is InChI=1S/C27H28BrN5O6/c1-2-38-26(37)20-21-25(36)33(19(13-34)15-8-4-3-5-9-15)23(27(21)12-16(28)22(20)39-27)24(35)29-14-32-18-11-7-6-10-17(18)30-31-32/h3-11,16,19-23,34H,2,12-14H2,1H3,(H,29,35)/t16?,19-,20+,21-,22+,23+,27-/m1/s1. The van der Waals surface area contributed by atoms with Crippen LogP contribution in [0.1, 0.15) is 24.9 Å². The van der Waals surface area contributed by atoms with Crippen molar-refractivity contribution in [2.45, 2.75) is 48.6 Å². The number of aliphatic hydroxyl groups is 1. The summed E-state index contributed by atoms with van der Waals surface area (Å²) in [5, 5.41) is 21.7. The minimum atomic E-state index is -1.27. The Morgan fingerprint density at radius 3 is 2.72 bits per heavy atom. The quantitative estimate of drug-likeness (QED) is 0.295. The van der Waals surface area contributed by atoms with Crippen molar-refractivity contribution in [1.29, 1.82) is 0 Å². The van der Waals surface area contributed by atoms with Crippen molar-refractivity contribution in [2.24, 2.45) is 11.8 Å². The molecule has 3 aliphatic rings. The molecular formula is C27H28BrN5O6. The molecule has 1 aromatic heterocycles. The molecule has 204 valence electrons. The topological polar surface area (TPSA) is 136 Å². The van der Waals surface area contributed by atoms with Crippen LogP contribution in [0.2, 0.25) is 0 Å². The van der Waals surface area contributed by atoms with Gasteiger partial charge < -0.3 is 24.8 Å². The Bertz CT molecular complexity index is 1420. The highest BCUT2D eigenvalue weighted by Gasteiger charge is 2.77. The third-order valence-electron chi connectivity index (χ3n) is 8.05. The van der Waals surface area contributed by atoms with Crippen molar-refractivity contribution >= 4 is 44.7 Å². The van der Waals surface area contributed by atoms with Crippen LogP contribution in [0.4, 0.5) is 0 Å². The van der Waals surface area contributed by atoms with Gasteiger partial charge in [0.2, 0.25) is 11.8 Å². The van der Waals surface area contributed by atoms with E-state index in [2.05, 4.69) is 31.6 Å². The number of carbonyl (C=O) groups excluding carboxylic acids is 3. The van der Waals surface area contributed by atoms with E-state index >= 15 is 0 Å². The first-order valence-corrected chi connectivity index (χ1v) is 13.8. The minimum Gasteiger partial charge on any atom is -0.466 e. The first-order valence-electron chi connectivity index (χ1n) is 12.9. The summed E-state index contributed by atoms with van der Waals surface area (Å²) in [5.74, 6) is -3.20. The molecule has 0 saturated carbocycles. The number of hydrogen-bond donors (Lipinski definition) is 2. The van der Waals surface area contributed by atoms with Gasteiger partial charge >= 0.3 is 5.97 Å². The van der Waals surface area contributed by atoms with E-state index in [1.165, 1.54) is 4.90 Å². The van der Waals surface area contributed by atoms with Crippen LogP contribution >= 0.6 is 15.9 Å². The Morgan fingerprint density at radius 1 is 1.23 bits per heavy atom. The van der Waals surface area contributed by atoms with E-state index in [1.54, 1.807) is 35.9 Å². The number of hydrogen-bond acceptors (Lipinski definition) is 8. The van der Waals surface area contributed by atoms with Crippen LogP contribution in [-0.4, -0.2) is 78.6 Å². The van der Waals surface area contributed by atoms with Crippen LogP contribution in [0.25, 0.3) is 11.0 Å². The first-order chi connectivity index (χ1) is 18.9. The molecular weight excluding hydrogens is 570 g/mol. The lowest BCUT2D eigenvalue weighted by molar-refractivity contribution is -0.155. The van der Waals surface area contributed by atoms with Gasteiger partial charge in [-0.05, 0) is 31.0 Å². The number of para-hydroxylation sites is 1. The number of nitrogens with zero attached hydrogens (tertiary/aromatic N) is 4. The van der Waals surface area contributed by atoms with E-state index in [1.807, 2.05) is 30.3 Å². The zero-order chi connectivity index (χ0) is 27.3. The smallest absolute Gasteiger partial charge is 0.312 e. The van der Waals surface area contributed by atoms with Crippen molar-refractivity contribution in [2.75, 3.05) is 13.2 Å². The molecule has 12 heteroatoms. The predicted molar refractivity (Wildman–Crippen MR) is 141 cm³/mol. The van der Waals surface area contributed by atoms with Crippen LogP contribution in [0.3, 0.4) is 0 Å². The molecule has 0 radical (unpaired) electrons. The normalized spacial score (nSPS) is 30.0. The molecule has 3 aromatic rings. The minimum absolute atomic E-state index is 0.0101. The third-order valence-corrected chi connectivity index (χ3v) is 8.90. The van der Waals surface area contributed by atoms with Gasteiger partial charge in [0.05, 0.1) is 42.7 Å². The van der Waals surface area contributed by atoms with Crippen LogP contribution < -0.4 is 5.32 Å². The number of esters is 1. The number of ether oxygens (including phenoxy) is 2. The molecule has 2 N–H and O–H groups in total. The van der Waals surface area contributed by atoms with Gasteiger partial charge in [-0.2, -0.15) is 0 Å². The lowest BCUT2D eigenvalue weighted by atomic mass is 9.70. The number of likely N-dealkylation sites (tertiary alicyclic amines) is 1. The monoisotopic (exact) mass is 597 g/mol. The molecule has 11 nitrogen and oxygen atoms in total. The summed E-state index contributed by atoms with van der Waals surface area (Å²) in [6.45, 7) is 1.46. The van der Waals surface area contributed by atoms with Gasteiger partial charge in [0.25, 0.3) is 0 Å². The van der Waals surface area contributed by atoms with Crippen molar-refractivity contribution < 1.29 is 29.0 Å². The average Bonchev–Trinajstić information content (AvgIpc) is 3.66. The highest BCUT2D eigenvalue weighted by Crippen LogP contribution is 2.61. The number of alkyl halides is 1. The summed E-state index contributed by atoms with van der Waals surface area (Å²) in [6, 6.07) is 14.5. The van der Waals surface area contributed by atoms with Crippen LogP contribution in [0.5, 0.6) is 0 Å². The van der Waals surface area contributed by atoms with E-state index in [9.17, 15) is 19.5 Å². The van der Waals surface area contributed by atoms with Gasteiger partial charge in [-0.25, -0.2) is 4.68 Å². The molecule has 3 fully saturated rings. The van der Waals surface area contributed by atoms with Gasteiger partial charge in [-0.1, -0.05) is 63.6 Å². The Balaban J connectivity index is 1.39. The second-order valence-corrected chi connectivity index (χ2v) is 11.2. The van der Waals surface area contributed by atoms with E-state index in [0.717, 1.165) is 5.52 Å². The SMILES string of the molecule is CCOC(=O)[C@@H]1[C@H]2O[C@@]3(CC2Br)[C@H](C(=O)NCn2nnc4ccccc42)N([C@H](CO)c2ccccc2)C(=O)[C@@H]13. The maximum absolute atomic E-state index is 14.2. The summed E-state index contributed by atoms with van der Waals surface area (Å²) < 4.78 is 13.4. The summed E-state index contributed by atoms with van der Waals surface area (Å²) in [6.07, 6.45) is -0.267. The fraction of sp³-hybridized carbons (Fsp3) is 0.444. The Morgan fingerprint density at radius 2 is 1.97 bits per heavy atom. The fourth-order valence-electron chi connectivity index (χ4n) is 6.52.